The summed E-state index contributed by atoms with van der Waals surface area (Å²) in [6, 6.07) is 24.3. The summed E-state index contributed by atoms with van der Waals surface area (Å²) in [5.41, 5.74) is 5.42. The third kappa shape index (κ3) is 15.7. The first-order chi connectivity index (χ1) is 19.8. The molecule has 0 fully saturated rings. The second-order valence-corrected chi connectivity index (χ2v) is 9.76. The summed E-state index contributed by atoms with van der Waals surface area (Å²) in [5.74, 6) is 0.608. The lowest BCUT2D eigenvalue weighted by atomic mass is 10.0. The van der Waals surface area contributed by atoms with E-state index >= 15 is 0 Å². The number of carbonyl (C=O) groups is 3. The lowest BCUT2D eigenvalue weighted by molar-refractivity contribution is -0.144. The number of esters is 1. The SMILES string of the molecule is CC.CC(=O)S.CCCNC(=O)CCCOc1ccc(COC(=O)CCc2ccc(-c3ccccc3)cc2)c(C)c1. The van der Waals surface area contributed by atoms with E-state index in [2.05, 4.69) is 54.3 Å². The summed E-state index contributed by atoms with van der Waals surface area (Å²) in [4.78, 5) is 33.2. The maximum atomic E-state index is 12.3. The summed E-state index contributed by atoms with van der Waals surface area (Å²) in [6.07, 6.45) is 3.06. The lowest BCUT2D eigenvalue weighted by Crippen LogP contribution is -2.24. The Morgan fingerprint density at radius 3 is 2.12 bits per heavy atom. The normalized spacial score (nSPS) is 9.80. The Morgan fingerprint density at radius 2 is 1.51 bits per heavy atom. The number of carbonyl (C=O) groups excluding carboxylic acids is 3. The molecular formula is C34H45NO5S. The van der Waals surface area contributed by atoms with Crippen molar-refractivity contribution in [3.05, 3.63) is 89.5 Å². The van der Waals surface area contributed by atoms with Crippen LogP contribution in [0, 0.1) is 6.92 Å². The van der Waals surface area contributed by atoms with Gasteiger partial charge >= 0.3 is 5.97 Å². The average molecular weight is 580 g/mol. The van der Waals surface area contributed by atoms with Crippen LogP contribution in [0.3, 0.4) is 0 Å². The van der Waals surface area contributed by atoms with Gasteiger partial charge in [0.2, 0.25) is 5.91 Å². The van der Waals surface area contributed by atoms with E-state index in [9.17, 15) is 14.4 Å². The Labute approximate surface area is 251 Å². The van der Waals surface area contributed by atoms with Crippen molar-refractivity contribution in [1.29, 1.82) is 0 Å². The minimum atomic E-state index is -0.210. The Hall–Kier alpha value is -3.58. The molecule has 0 atom stereocenters. The predicted octanol–water partition coefficient (Wildman–Crippen LogP) is 7.51. The van der Waals surface area contributed by atoms with E-state index in [1.807, 2.05) is 64.1 Å². The summed E-state index contributed by atoms with van der Waals surface area (Å²) >= 11 is 3.33. The molecule has 0 saturated carbocycles. The van der Waals surface area contributed by atoms with Crippen LogP contribution in [0.1, 0.15) is 70.1 Å². The van der Waals surface area contributed by atoms with E-state index in [-0.39, 0.29) is 23.6 Å². The first-order valence-electron chi connectivity index (χ1n) is 14.3. The molecule has 0 aliphatic rings. The van der Waals surface area contributed by atoms with E-state index in [1.165, 1.54) is 12.5 Å². The van der Waals surface area contributed by atoms with Gasteiger partial charge in [-0.2, -0.15) is 0 Å². The summed E-state index contributed by atoms with van der Waals surface area (Å²) in [6.45, 7) is 10.8. The van der Waals surface area contributed by atoms with Crippen molar-refractivity contribution in [3.63, 3.8) is 0 Å². The molecule has 41 heavy (non-hydrogen) atoms. The molecule has 6 nitrogen and oxygen atoms in total. The molecular weight excluding hydrogens is 534 g/mol. The molecule has 0 aliphatic carbocycles. The van der Waals surface area contributed by atoms with E-state index < -0.39 is 0 Å². The van der Waals surface area contributed by atoms with E-state index in [4.69, 9.17) is 9.47 Å². The van der Waals surface area contributed by atoms with Gasteiger partial charge < -0.3 is 14.8 Å². The van der Waals surface area contributed by atoms with Crippen LogP contribution in [0.4, 0.5) is 0 Å². The van der Waals surface area contributed by atoms with Gasteiger partial charge in [0.05, 0.1) is 6.61 Å². The van der Waals surface area contributed by atoms with Gasteiger partial charge in [0.15, 0.2) is 5.12 Å². The molecule has 0 radical (unpaired) electrons. The fourth-order valence-electron chi connectivity index (χ4n) is 3.67. The molecule has 7 heteroatoms. The van der Waals surface area contributed by atoms with Crippen molar-refractivity contribution in [2.24, 2.45) is 0 Å². The molecule has 1 N–H and O–H groups in total. The lowest BCUT2D eigenvalue weighted by Gasteiger charge is -2.11. The molecule has 0 unspecified atom stereocenters. The molecule has 0 bridgehead atoms. The standard InChI is InChI=1S/C30H35NO4.C2H4OS.C2H6/c1-3-19-31-29(32)10-7-20-34-28-17-16-27(23(2)21-28)22-35-30(33)18-13-24-11-14-26(15-12-24)25-8-5-4-6-9-25;1-2(3)4;1-2/h4-6,8-9,11-12,14-17,21H,3,7,10,13,18-20,22H2,1-2H3,(H,31,32);1H3,(H,3,4);1-2H3. The van der Waals surface area contributed by atoms with Crippen LogP contribution in [0.25, 0.3) is 11.1 Å². The summed E-state index contributed by atoms with van der Waals surface area (Å²) < 4.78 is 11.3. The van der Waals surface area contributed by atoms with Crippen LogP contribution in [0.2, 0.25) is 0 Å². The quantitative estimate of drug-likeness (QED) is 0.124. The first-order valence-corrected chi connectivity index (χ1v) is 14.7. The molecule has 1 amide bonds. The zero-order valence-electron chi connectivity index (χ0n) is 25.1. The molecule has 0 aliphatic heterocycles. The maximum absolute atomic E-state index is 12.3. The van der Waals surface area contributed by atoms with Crippen molar-refractivity contribution in [2.75, 3.05) is 13.2 Å². The van der Waals surface area contributed by atoms with Gasteiger partial charge in [0, 0.05) is 26.3 Å². The molecule has 0 spiro atoms. The Morgan fingerprint density at radius 1 is 0.878 bits per heavy atom. The number of hydrogen-bond acceptors (Lipinski definition) is 5. The monoisotopic (exact) mass is 579 g/mol. The number of thiol groups is 1. The van der Waals surface area contributed by atoms with Crippen LogP contribution in [0.5, 0.6) is 5.75 Å². The molecule has 3 aromatic rings. The van der Waals surface area contributed by atoms with Gasteiger partial charge in [-0.25, -0.2) is 0 Å². The molecule has 222 valence electrons. The highest BCUT2D eigenvalue weighted by molar-refractivity contribution is 7.96. The maximum Gasteiger partial charge on any atom is 0.306 e. The minimum absolute atomic E-state index is 0.0630. The number of aryl methyl sites for hydroxylation is 2. The highest BCUT2D eigenvalue weighted by atomic mass is 32.1. The fourth-order valence-corrected chi connectivity index (χ4v) is 3.67. The highest BCUT2D eigenvalue weighted by Gasteiger charge is 2.08. The second kappa shape index (κ2) is 21.2. The van der Waals surface area contributed by atoms with Crippen LogP contribution in [-0.2, 0) is 32.1 Å². The zero-order valence-corrected chi connectivity index (χ0v) is 26.0. The van der Waals surface area contributed by atoms with E-state index in [0.717, 1.165) is 34.4 Å². The van der Waals surface area contributed by atoms with Crippen LogP contribution >= 0.6 is 12.6 Å². The average Bonchev–Trinajstić information content (AvgIpc) is 2.98. The second-order valence-electron chi connectivity index (χ2n) is 9.13. The predicted molar refractivity (Wildman–Crippen MR) is 170 cm³/mol. The Bertz CT molecular complexity index is 1180. The third-order valence-electron chi connectivity index (χ3n) is 5.77. The Balaban J connectivity index is 0.00000129. The molecule has 3 rings (SSSR count). The fraction of sp³-hybridized carbons (Fsp3) is 0.382. The van der Waals surface area contributed by atoms with Gasteiger partial charge in [-0.3, -0.25) is 14.4 Å². The number of rotatable bonds is 13. The molecule has 0 aromatic heterocycles. The van der Waals surface area contributed by atoms with Crippen LogP contribution in [-0.4, -0.2) is 30.1 Å². The smallest absolute Gasteiger partial charge is 0.306 e. The van der Waals surface area contributed by atoms with Gasteiger partial charge in [0.25, 0.3) is 0 Å². The summed E-state index contributed by atoms with van der Waals surface area (Å²) in [5, 5.41) is 2.72. The molecule has 3 aromatic carbocycles. The van der Waals surface area contributed by atoms with Crippen molar-refractivity contribution in [1.82, 2.24) is 5.32 Å². The molecule has 0 saturated heterocycles. The highest BCUT2D eigenvalue weighted by Crippen LogP contribution is 2.21. The summed E-state index contributed by atoms with van der Waals surface area (Å²) in [7, 11) is 0. The third-order valence-corrected chi connectivity index (χ3v) is 5.77. The van der Waals surface area contributed by atoms with Crippen molar-refractivity contribution in [2.45, 2.75) is 73.3 Å². The molecule has 0 heterocycles. The van der Waals surface area contributed by atoms with Gasteiger partial charge in [-0.1, -0.05) is 81.4 Å². The van der Waals surface area contributed by atoms with Crippen LogP contribution < -0.4 is 10.1 Å². The number of amides is 1. The number of hydrogen-bond donors (Lipinski definition) is 2. The van der Waals surface area contributed by atoms with Gasteiger partial charge in [-0.15, -0.1) is 12.6 Å². The van der Waals surface area contributed by atoms with E-state index in [0.29, 0.717) is 38.8 Å². The van der Waals surface area contributed by atoms with Crippen molar-refractivity contribution < 1.29 is 23.9 Å². The zero-order chi connectivity index (χ0) is 30.5. The minimum Gasteiger partial charge on any atom is -0.494 e. The van der Waals surface area contributed by atoms with Crippen LogP contribution in [0.15, 0.2) is 72.8 Å². The number of benzene rings is 3. The topological polar surface area (TPSA) is 81.7 Å². The number of ether oxygens (including phenoxy) is 2. The Kier molecular flexibility index (Phi) is 18.3. The first kappa shape index (κ1) is 35.4. The van der Waals surface area contributed by atoms with Gasteiger partial charge in [-0.05, 0) is 66.1 Å². The van der Waals surface area contributed by atoms with Gasteiger partial charge in [0.1, 0.15) is 12.4 Å². The van der Waals surface area contributed by atoms with E-state index in [1.54, 1.807) is 0 Å². The van der Waals surface area contributed by atoms with Crippen molar-refractivity contribution in [3.8, 4) is 16.9 Å². The van der Waals surface area contributed by atoms with Crippen molar-refractivity contribution >= 4 is 29.6 Å². The largest absolute Gasteiger partial charge is 0.494 e. The number of nitrogens with one attached hydrogen (secondary N) is 1.